The molecule has 0 saturated heterocycles. The summed E-state index contributed by atoms with van der Waals surface area (Å²) in [4.78, 5) is 9.87. The molecule has 17 heavy (non-hydrogen) atoms. The van der Waals surface area contributed by atoms with Crippen molar-refractivity contribution >= 4 is 16.5 Å². The van der Waals surface area contributed by atoms with E-state index in [0.717, 1.165) is 6.07 Å². The summed E-state index contributed by atoms with van der Waals surface area (Å²) in [6.45, 7) is 0.837. The number of non-ortho nitro benzene ring substituents is 1. The van der Waals surface area contributed by atoms with Crippen LogP contribution in [0.2, 0.25) is 0 Å². The van der Waals surface area contributed by atoms with Crippen molar-refractivity contribution in [1.29, 1.82) is 0 Å². The number of hydrogen-bond acceptors (Lipinski definition) is 4. The quantitative estimate of drug-likeness (QED) is 0.474. The molecule has 0 radical (unpaired) electrons. The standard InChI is InChI=1S/C10H13FN2O3S/c1-17(16)3-2-12-7-8-4-9(11)6-10(5-8)13(14)15/h4-6,12H,2-3,7H2,1H3. The van der Waals surface area contributed by atoms with Crippen molar-refractivity contribution in [2.45, 2.75) is 6.54 Å². The third kappa shape index (κ3) is 5.01. The Bertz CT molecular complexity index is 440. The minimum atomic E-state index is -0.884. The molecule has 0 aromatic heterocycles. The lowest BCUT2D eigenvalue weighted by Crippen LogP contribution is -2.19. The number of rotatable bonds is 6. The molecule has 1 rings (SSSR count). The van der Waals surface area contributed by atoms with Crippen LogP contribution in [0.15, 0.2) is 18.2 Å². The fourth-order valence-electron chi connectivity index (χ4n) is 1.29. The van der Waals surface area contributed by atoms with Gasteiger partial charge in [0.25, 0.3) is 5.69 Å². The van der Waals surface area contributed by atoms with Gasteiger partial charge in [-0.1, -0.05) is 0 Å². The Balaban J connectivity index is 2.59. The van der Waals surface area contributed by atoms with Crippen molar-refractivity contribution in [2.75, 3.05) is 18.6 Å². The van der Waals surface area contributed by atoms with Crippen molar-refractivity contribution in [3.63, 3.8) is 0 Å². The molecule has 0 bridgehead atoms. The van der Waals surface area contributed by atoms with Crippen molar-refractivity contribution in [3.05, 3.63) is 39.7 Å². The van der Waals surface area contributed by atoms with Gasteiger partial charge >= 0.3 is 0 Å². The van der Waals surface area contributed by atoms with Gasteiger partial charge in [-0.05, 0) is 11.6 Å². The second kappa shape index (κ2) is 6.41. The molecule has 0 aliphatic rings. The molecule has 0 saturated carbocycles. The highest BCUT2D eigenvalue weighted by Crippen LogP contribution is 2.15. The van der Waals surface area contributed by atoms with Crippen molar-refractivity contribution < 1.29 is 13.5 Å². The van der Waals surface area contributed by atoms with Gasteiger partial charge in [0.05, 0.1) is 11.0 Å². The second-order valence-electron chi connectivity index (χ2n) is 3.53. The van der Waals surface area contributed by atoms with Gasteiger partial charge in [0.2, 0.25) is 0 Å². The number of halogens is 1. The summed E-state index contributed by atoms with van der Waals surface area (Å²) in [6, 6.07) is 3.44. The molecule has 0 aliphatic heterocycles. The normalized spacial score (nSPS) is 12.4. The van der Waals surface area contributed by atoms with Crippen LogP contribution in [0.25, 0.3) is 0 Å². The molecule has 5 nitrogen and oxygen atoms in total. The largest absolute Gasteiger partial charge is 0.312 e. The van der Waals surface area contributed by atoms with E-state index in [4.69, 9.17) is 0 Å². The predicted octanol–water partition coefficient (Wildman–Crippen LogP) is 1.20. The topological polar surface area (TPSA) is 72.2 Å². The minimum absolute atomic E-state index is 0.263. The zero-order chi connectivity index (χ0) is 12.8. The van der Waals surface area contributed by atoms with Gasteiger partial charge < -0.3 is 5.32 Å². The van der Waals surface area contributed by atoms with E-state index in [1.807, 2.05) is 0 Å². The highest BCUT2D eigenvalue weighted by Gasteiger charge is 2.09. The Kier molecular flexibility index (Phi) is 5.17. The molecular weight excluding hydrogens is 247 g/mol. The first kappa shape index (κ1) is 13.7. The van der Waals surface area contributed by atoms with Gasteiger partial charge in [0.1, 0.15) is 5.82 Å². The Hall–Kier alpha value is -1.34. The van der Waals surface area contributed by atoms with E-state index in [-0.39, 0.29) is 5.69 Å². The van der Waals surface area contributed by atoms with Crippen LogP contribution in [0, 0.1) is 15.9 Å². The number of benzene rings is 1. The summed E-state index contributed by atoms with van der Waals surface area (Å²) in [5, 5.41) is 13.4. The van der Waals surface area contributed by atoms with E-state index in [1.54, 1.807) is 6.26 Å². The summed E-state index contributed by atoms with van der Waals surface area (Å²) in [5.41, 5.74) is 0.236. The molecule has 1 aromatic carbocycles. The smallest absolute Gasteiger partial charge is 0.272 e. The van der Waals surface area contributed by atoms with E-state index in [9.17, 15) is 18.7 Å². The maximum absolute atomic E-state index is 13.0. The summed E-state index contributed by atoms with van der Waals surface area (Å²) in [5.74, 6) is -0.132. The van der Waals surface area contributed by atoms with Crippen LogP contribution in [0.1, 0.15) is 5.56 Å². The van der Waals surface area contributed by atoms with E-state index in [2.05, 4.69) is 5.32 Å². The van der Waals surface area contributed by atoms with Gasteiger partial charge in [0, 0.05) is 42.0 Å². The van der Waals surface area contributed by atoms with Gasteiger partial charge in [-0.3, -0.25) is 14.3 Å². The lowest BCUT2D eigenvalue weighted by molar-refractivity contribution is -0.385. The monoisotopic (exact) mass is 260 g/mol. The lowest BCUT2D eigenvalue weighted by atomic mass is 10.2. The van der Waals surface area contributed by atoms with Crippen LogP contribution in [0.4, 0.5) is 10.1 Å². The molecule has 1 atom stereocenters. The SMILES string of the molecule is CS(=O)CCNCc1cc(F)cc([N+](=O)[O-])c1. The summed E-state index contributed by atoms with van der Waals surface area (Å²) >= 11 is 0. The van der Waals surface area contributed by atoms with Crippen LogP contribution in [0.3, 0.4) is 0 Å². The Morgan fingerprint density at radius 3 is 2.76 bits per heavy atom. The summed E-state index contributed by atoms with van der Waals surface area (Å²) in [6.07, 6.45) is 1.59. The molecule has 94 valence electrons. The maximum Gasteiger partial charge on any atom is 0.272 e. The predicted molar refractivity (Wildman–Crippen MR) is 63.7 cm³/mol. The average molecular weight is 260 g/mol. The van der Waals surface area contributed by atoms with Crippen LogP contribution >= 0.6 is 0 Å². The fraction of sp³-hybridized carbons (Fsp3) is 0.400. The molecule has 0 heterocycles. The lowest BCUT2D eigenvalue weighted by Gasteiger charge is -2.04. The Morgan fingerprint density at radius 2 is 2.18 bits per heavy atom. The van der Waals surface area contributed by atoms with Crippen LogP contribution in [0.5, 0.6) is 0 Å². The van der Waals surface area contributed by atoms with Crippen molar-refractivity contribution in [1.82, 2.24) is 5.32 Å². The van der Waals surface area contributed by atoms with Gasteiger partial charge in [-0.2, -0.15) is 0 Å². The molecule has 0 amide bonds. The zero-order valence-corrected chi connectivity index (χ0v) is 10.1. The third-order valence-electron chi connectivity index (χ3n) is 2.05. The Morgan fingerprint density at radius 1 is 1.47 bits per heavy atom. The Labute approximate surface area is 101 Å². The van der Waals surface area contributed by atoms with Crippen LogP contribution in [-0.4, -0.2) is 27.7 Å². The number of nitro groups is 1. The second-order valence-corrected chi connectivity index (χ2v) is 5.08. The van der Waals surface area contributed by atoms with Crippen LogP contribution < -0.4 is 5.32 Å². The van der Waals surface area contributed by atoms with Crippen molar-refractivity contribution in [2.24, 2.45) is 0 Å². The molecule has 0 spiro atoms. The fourth-order valence-corrected chi connectivity index (χ4v) is 1.72. The number of nitrogens with zero attached hydrogens (tertiary/aromatic N) is 1. The highest BCUT2D eigenvalue weighted by atomic mass is 32.2. The first-order chi connectivity index (χ1) is 7.99. The average Bonchev–Trinajstić information content (AvgIpc) is 2.23. The van der Waals surface area contributed by atoms with Crippen LogP contribution in [-0.2, 0) is 17.3 Å². The highest BCUT2D eigenvalue weighted by molar-refractivity contribution is 7.84. The molecular formula is C10H13FN2O3S. The number of hydrogen-bond donors (Lipinski definition) is 1. The molecule has 1 unspecified atom stereocenters. The van der Waals surface area contributed by atoms with E-state index < -0.39 is 21.5 Å². The minimum Gasteiger partial charge on any atom is -0.312 e. The molecule has 0 fully saturated rings. The first-order valence-electron chi connectivity index (χ1n) is 4.93. The van der Waals surface area contributed by atoms with Gasteiger partial charge in [0.15, 0.2) is 0 Å². The molecule has 1 aromatic rings. The van der Waals surface area contributed by atoms with Crippen molar-refractivity contribution in [3.8, 4) is 0 Å². The molecule has 1 N–H and O–H groups in total. The molecule has 7 heteroatoms. The van der Waals surface area contributed by atoms with E-state index in [1.165, 1.54) is 12.1 Å². The van der Waals surface area contributed by atoms with Gasteiger partial charge in [-0.25, -0.2) is 4.39 Å². The van der Waals surface area contributed by atoms with Gasteiger partial charge in [-0.15, -0.1) is 0 Å². The summed E-state index contributed by atoms with van der Waals surface area (Å²) in [7, 11) is -0.884. The first-order valence-corrected chi connectivity index (χ1v) is 6.66. The zero-order valence-electron chi connectivity index (χ0n) is 9.31. The maximum atomic E-state index is 13.0. The van der Waals surface area contributed by atoms with E-state index >= 15 is 0 Å². The number of nitrogens with one attached hydrogen (secondary N) is 1. The van der Waals surface area contributed by atoms with E-state index in [0.29, 0.717) is 24.4 Å². The summed E-state index contributed by atoms with van der Waals surface area (Å²) < 4.78 is 23.8. The number of nitro benzene ring substituents is 1. The molecule has 0 aliphatic carbocycles. The third-order valence-corrected chi connectivity index (χ3v) is 2.83.